The number of β-amino-alcohol motifs (C(OH)–C–C–N with tert-alkyl or cyclic N) is 1. The molecule has 3 aliphatic heterocycles. The first-order valence-electron chi connectivity index (χ1n) is 13.1. The Morgan fingerprint density at radius 1 is 1.00 bits per heavy atom. The lowest BCUT2D eigenvalue weighted by Crippen LogP contribution is -2.67. The third-order valence-electron chi connectivity index (χ3n) is 9.05. The highest BCUT2D eigenvalue weighted by molar-refractivity contribution is 5.77. The van der Waals surface area contributed by atoms with E-state index in [1.54, 1.807) is 12.3 Å². The van der Waals surface area contributed by atoms with E-state index in [0.29, 0.717) is 30.7 Å². The molecular weight excluding hydrogens is 487 g/mol. The number of H-pyrrole nitrogens is 1. The quantitative estimate of drug-likeness (QED) is 0.647. The first-order chi connectivity index (χ1) is 17.6. The minimum Gasteiger partial charge on any atom is -0.379 e. The number of amides is 2. The molecule has 2 saturated carbocycles. The molecule has 37 heavy (non-hydrogen) atoms. The molecule has 2 N–H and O–H groups in total. The van der Waals surface area contributed by atoms with Gasteiger partial charge in [0.2, 0.25) is 0 Å². The largest absolute Gasteiger partial charge is 0.418 e. The van der Waals surface area contributed by atoms with Crippen LogP contribution in [0.2, 0.25) is 0 Å². The number of hydrogen-bond acceptors (Lipinski definition) is 6. The van der Waals surface area contributed by atoms with Crippen LogP contribution in [0, 0.1) is 5.41 Å². The summed E-state index contributed by atoms with van der Waals surface area (Å²) in [6.45, 7) is 2.42. The molecule has 2 aromatic rings. The second kappa shape index (κ2) is 7.81. The minimum atomic E-state index is -4.66. The first-order valence-corrected chi connectivity index (χ1v) is 13.1. The van der Waals surface area contributed by atoms with Gasteiger partial charge in [0.1, 0.15) is 17.5 Å². The normalized spacial score (nSPS) is 27.8. The summed E-state index contributed by atoms with van der Waals surface area (Å²) in [7, 11) is 0. The van der Waals surface area contributed by atoms with Crippen LogP contribution in [-0.4, -0.2) is 92.1 Å². The summed E-state index contributed by atoms with van der Waals surface area (Å²) in [4.78, 5) is 25.9. The molecule has 0 unspecified atom stereocenters. The second-order valence-corrected chi connectivity index (χ2v) is 11.9. The van der Waals surface area contributed by atoms with Crippen molar-refractivity contribution in [1.29, 1.82) is 0 Å². The maximum absolute atomic E-state index is 13.1. The molecule has 0 radical (unpaired) electrons. The Labute approximate surface area is 212 Å². The number of hydrogen-bond donors (Lipinski definition) is 2. The van der Waals surface area contributed by atoms with Crippen LogP contribution in [-0.2, 0) is 0 Å². The third-order valence-corrected chi connectivity index (χ3v) is 9.05. The fourth-order valence-corrected chi connectivity index (χ4v) is 6.44. The molecule has 198 valence electrons. The van der Waals surface area contributed by atoms with E-state index in [2.05, 4.69) is 20.2 Å². The van der Waals surface area contributed by atoms with Gasteiger partial charge in [-0.25, -0.2) is 9.78 Å². The lowest BCUT2D eigenvalue weighted by molar-refractivity contribution is -0.250. The number of carbonyl (C=O) groups is 1. The van der Waals surface area contributed by atoms with E-state index in [1.807, 2.05) is 15.9 Å². The van der Waals surface area contributed by atoms with Crippen molar-refractivity contribution in [2.45, 2.75) is 61.6 Å². The average Bonchev–Trinajstić information content (AvgIpc) is 3.36. The van der Waals surface area contributed by atoms with Gasteiger partial charge in [-0.05, 0) is 37.3 Å². The van der Waals surface area contributed by atoms with Gasteiger partial charge in [0.25, 0.3) is 0 Å². The fourth-order valence-electron chi connectivity index (χ4n) is 6.44. The highest BCUT2D eigenvalue weighted by Crippen LogP contribution is 2.56. The summed E-state index contributed by atoms with van der Waals surface area (Å²) < 4.78 is 39.3. The molecule has 5 heterocycles. The highest BCUT2D eigenvalue weighted by Gasteiger charge is 2.58. The number of nitrogens with zero attached hydrogens (tertiary/aromatic N) is 6. The van der Waals surface area contributed by atoms with Crippen LogP contribution in [0.1, 0.15) is 67.1 Å². The number of pyridine rings is 1. The standard InChI is InChI=1S/C25H30F3N7O2/c26-25(27,28)24(37)5-6-33(14-24)19-4-3-16(9-29-19)18-10-34(11-18)22(36)35-12-23(13-35)7-17(8-23)21-30-20(31-32-21)15-1-2-15/h3-4,9,15,17-18,37H,1-2,5-8,10-14H2,(H,30,31,32)/t24-/m1/s1. The van der Waals surface area contributed by atoms with Crippen molar-refractivity contribution < 1.29 is 23.1 Å². The Bertz CT molecular complexity index is 1190. The summed E-state index contributed by atoms with van der Waals surface area (Å²) in [5.74, 6) is 3.63. The van der Waals surface area contributed by atoms with Gasteiger partial charge in [0, 0.05) is 68.5 Å². The summed E-state index contributed by atoms with van der Waals surface area (Å²) in [6.07, 6.45) is 1.17. The van der Waals surface area contributed by atoms with Crippen molar-refractivity contribution >= 4 is 11.8 Å². The molecule has 2 amide bonds. The lowest BCUT2D eigenvalue weighted by atomic mass is 9.57. The van der Waals surface area contributed by atoms with E-state index in [1.165, 1.54) is 17.7 Å². The Morgan fingerprint density at radius 2 is 1.70 bits per heavy atom. The van der Waals surface area contributed by atoms with E-state index >= 15 is 0 Å². The maximum atomic E-state index is 13.1. The monoisotopic (exact) mass is 517 g/mol. The van der Waals surface area contributed by atoms with E-state index in [9.17, 15) is 23.1 Å². The number of halogens is 3. The second-order valence-electron chi connectivity index (χ2n) is 11.9. The van der Waals surface area contributed by atoms with Gasteiger partial charge in [0.15, 0.2) is 5.60 Å². The van der Waals surface area contributed by atoms with Gasteiger partial charge in [-0.15, -0.1) is 10.2 Å². The van der Waals surface area contributed by atoms with E-state index in [4.69, 9.17) is 0 Å². The van der Waals surface area contributed by atoms with E-state index in [0.717, 1.165) is 43.1 Å². The van der Waals surface area contributed by atoms with Crippen molar-refractivity contribution in [2.75, 3.05) is 44.2 Å². The van der Waals surface area contributed by atoms with Crippen LogP contribution in [0.4, 0.5) is 23.8 Å². The van der Waals surface area contributed by atoms with Crippen LogP contribution in [0.15, 0.2) is 18.3 Å². The Balaban J connectivity index is 0.872. The van der Waals surface area contributed by atoms with Gasteiger partial charge in [0.05, 0.1) is 6.54 Å². The predicted molar refractivity (Wildman–Crippen MR) is 126 cm³/mol. The number of alkyl halides is 3. The molecule has 5 fully saturated rings. The van der Waals surface area contributed by atoms with Gasteiger partial charge in [-0.3, -0.25) is 0 Å². The third kappa shape index (κ3) is 3.86. The van der Waals surface area contributed by atoms with Gasteiger partial charge in [-0.2, -0.15) is 13.2 Å². The molecule has 3 saturated heterocycles. The molecule has 5 aliphatic rings. The molecule has 7 rings (SSSR count). The number of aliphatic hydroxyl groups is 1. The van der Waals surface area contributed by atoms with E-state index < -0.39 is 18.3 Å². The van der Waals surface area contributed by atoms with Crippen LogP contribution in [0.25, 0.3) is 0 Å². The summed E-state index contributed by atoms with van der Waals surface area (Å²) in [6, 6.07) is 3.65. The Hall–Kier alpha value is -2.89. The number of rotatable bonds is 4. The SMILES string of the molecule is O=C(N1CC(c2ccc(N3CC[C@](O)(C(F)(F)F)C3)nc2)C1)N1CC2(CC(c3nnc(C4CC4)[nH]3)C2)C1. The zero-order chi connectivity index (χ0) is 25.6. The number of likely N-dealkylation sites (tertiary alicyclic amines) is 2. The van der Waals surface area contributed by atoms with Crippen molar-refractivity contribution in [3.63, 3.8) is 0 Å². The molecule has 0 aromatic carbocycles. The smallest absolute Gasteiger partial charge is 0.379 e. The number of urea groups is 1. The fraction of sp³-hybridized carbons (Fsp3) is 0.680. The molecule has 1 spiro atoms. The molecule has 2 aliphatic carbocycles. The van der Waals surface area contributed by atoms with Crippen molar-refractivity contribution in [3.05, 3.63) is 35.5 Å². The minimum absolute atomic E-state index is 0.0779. The molecule has 2 aromatic heterocycles. The number of anilines is 1. The summed E-state index contributed by atoms with van der Waals surface area (Å²) in [5, 5.41) is 18.5. The van der Waals surface area contributed by atoms with Crippen LogP contribution < -0.4 is 4.90 Å². The number of nitrogens with one attached hydrogen (secondary N) is 1. The number of aromatic nitrogens is 4. The maximum Gasteiger partial charge on any atom is 0.418 e. The molecular formula is C25H30F3N7O2. The van der Waals surface area contributed by atoms with Crippen LogP contribution >= 0.6 is 0 Å². The van der Waals surface area contributed by atoms with Crippen LogP contribution in [0.5, 0.6) is 0 Å². The summed E-state index contributed by atoms with van der Waals surface area (Å²) >= 11 is 0. The lowest BCUT2D eigenvalue weighted by Gasteiger charge is -2.59. The Morgan fingerprint density at radius 3 is 2.30 bits per heavy atom. The Kier molecular flexibility index (Phi) is 4.91. The van der Waals surface area contributed by atoms with Gasteiger partial charge >= 0.3 is 12.2 Å². The van der Waals surface area contributed by atoms with Crippen molar-refractivity contribution in [1.82, 2.24) is 30.0 Å². The van der Waals surface area contributed by atoms with Crippen molar-refractivity contribution in [3.8, 4) is 0 Å². The van der Waals surface area contributed by atoms with Gasteiger partial charge in [-0.1, -0.05) is 6.07 Å². The topological polar surface area (TPSA) is 101 Å². The zero-order valence-electron chi connectivity index (χ0n) is 20.4. The summed E-state index contributed by atoms with van der Waals surface area (Å²) in [5.41, 5.74) is -1.49. The molecule has 9 nitrogen and oxygen atoms in total. The van der Waals surface area contributed by atoms with Gasteiger partial charge < -0.3 is 24.8 Å². The highest BCUT2D eigenvalue weighted by atomic mass is 19.4. The average molecular weight is 518 g/mol. The predicted octanol–water partition coefficient (Wildman–Crippen LogP) is 2.98. The van der Waals surface area contributed by atoms with Crippen molar-refractivity contribution in [2.24, 2.45) is 5.41 Å². The molecule has 0 bridgehead atoms. The van der Waals surface area contributed by atoms with E-state index in [-0.39, 0.29) is 30.3 Å². The first kappa shape index (κ1) is 23.2. The zero-order valence-corrected chi connectivity index (χ0v) is 20.4. The van der Waals surface area contributed by atoms with Crippen LogP contribution in [0.3, 0.4) is 0 Å². The number of carbonyl (C=O) groups excluding carboxylic acids is 1. The number of aromatic amines is 1. The molecule has 12 heteroatoms. The molecule has 1 atom stereocenters.